The Balaban J connectivity index is 1.71. The first-order chi connectivity index (χ1) is 11.7. The van der Waals surface area contributed by atoms with Crippen molar-refractivity contribution in [3.63, 3.8) is 0 Å². The highest BCUT2D eigenvalue weighted by molar-refractivity contribution is 6.35. The first-order valence-corrected chi connectivity index (χ1v) is 8.75. The molecule has 1 aliphatic rings. The minimum absolute atomic E-state index is 0.0329. The van der Waals surface area contributed by atoms with Crippen molar-refractivity contribution in [2.24, 2.45) is 5.41 Å². The van der Waals surface area contributed by atoms with Crippen molar-refractivity contribution in [2.75, 3.05) is 13.1 Å². The fraction of sp³-hybridized carbons (Fsp3) is 0.421. The Bertz CT molecular complexity index is 829. The third-order valence-corrected chi connectivity index (χ3v) is 4.42. The Morgan fingerprint density at radius 2 is 2.08 bits per heavy atom. The van der Waals surface area contributed by atoms with Crippen molar-refractivity contribution in [2.45, 2.75) is 33.2 Å². The van der Waals surface area contributed by atoms with E-state index in [2.05, 4.69) is 31.1 Å². The van der Waals surface area contributed by atoms with Crippen LogP contribution < -0.4 is 5.32 Å². The SMILES string of the molecule is CC(C)(C)CN1C[C@H](NC(=O)c2ccc3cccc(Cl)c3n2)CC1=O. The third-order valence-electron chi connectivity index (χ3n) is 4.12. The standard InChI is InChI=1S/C19H22ClN3O2/c1-19(2,3)11-23-10-13(9-16(23)24)21-18(25)15-8-7-12-5-4-6-14(20)17(12)22-15/h4-8,13H,9-11H2,1-3H3,(H,21,25)/t13-/m1/s1. The van der Waals surface area contributed by atoms with Crippen molar-refractivity contribution in [3.8, 4) is 0 Å². The van der Waals surface area contributed by atoms with Crippen molar-refractivity contribution in [1.29, 1.82) is 0 Å². The van der Waals surface area contributed by atoms with Gasteiger partial charge in [0.25, 0.3) is 5.91 Å². The summed E-state index contributed by atoms with van der Waals surface area (Å²) in [6.07, 6.45) is 0.330. The number of nitrogens with one attached hydrogen (secondary N) is 1. The van der Waals surface area contributed by atoms with Crippen LogP contribution in [0.3, 0.4) is 0 Å². The fourth-order valence-electron chi connectivity index (χ4n) is 3.09. The smallest absolute Gasteiger partial charge is 0.270 e. The van der Waals surface area contributed by atoms with E-state index in [0.717, 1.165) is 5.39 Å². The summed E-state index contributed by atoms with van der Waals surface area (Å²) in [5.74, 6) is -0.202. The molecule has 25 heavy (non-hydrogen) atoms. The largest absolute Gasteiger partial charge is 0.346 e. The van der Waals surface area contributed by atoms with Gasteiger partial charge in [0.15, 0.2) is 0 Å². The number of halogens is 1. The van der Waals surface area contributed by atoms with E-state index in [1.807, 2.05) is 23.1 Å². The van der Waals surface area contributed by atoms with Gasteiger partial charge >= 0.3 is 0 Å². The number of hydrogen-bond acceptors (Lipinski definition) is 3. The molecule has 3 rings (SSSR count). The van der Waals surface area contributed by atoms with E-state index in [1.165, 1.54) is 0 Å². The summed E-state index contributed by atoms with van der Waals surface area (Å²) in [6.45, 7) is 7.50. The Morgan fingerprint density at radius 1 is 1.32 bits per heavy atom. The van der Waals surface area contributed by atoms with E-state index >= 15 is 0 Å². The van der Waals surface area contributed by atoms with E-state index in [0.29, 0.717) is 35.7 Å². The number of carbonyl (C=O) groups is 2. The molecule has 1 saturated heterocycles. The zero-order valence-corrected chi connectivity index (χ0v) is 15.4. The molecule has 0 aliphatic carbocycles. The summed E-state index contributed by atoms with van der Waals surface area (Å²) in [7, 11) is 0. The number of likely N-dealkylation sites (tertiary alicyclic amines) is 1. The Hall–Kier alpha value is -2.14. The number of aromatic nitrogens is 1. The molecule has 2 aromatic rings. The molecule has 132 valence electrons. The third kappa shape index (κ3) is 4.10. The molecule has 0 bridgehead atoms. The number of rotatable bonds is 3. The van der Waals surface area contributed by atoms with Crippen LogP contribution >= 0.6 is 11.6 Å². The van der Waals surface area contributed by atoms with Crippen LogP contribution in [0.5, 0.6) is 0 Å². The summed E-state index contributed by atoms with van der Waals surface area (Å²) in [4.78, 5) is 30.8. The van der Waals surface area contributed by atoms with Crippen molar-refractivity contribution in [3.05, 3.63) is 41.0 Å². The van der Waals surface area contributed by atoms with Crippen LogP contribution in [0.1, 0.15) is 37.7 Å². The zero-order chi connectivity index (χ0) is 18.2. The van der Waals surface area contributed by atoms with Gasteiger partial charge in [-0.3, -0.25) is 9.59 Å². The number of fused-ring (bicyclic) bond motifs is 1. The second-order valence-corrected chi connectivity index (χ2v) is 8.12. The van der Waals surface area contributed by atoms with Gasteiger partial charge in [0, 0.05) is 24.9 Å². The summed E-state index contributed by atoms with van der Waals surface area (Å²) >= 11 is 6.16. The van der Waals surface area contributed by atoms with Gasteiger partial charge in [-0.25, -0.2) is 4.98 Å². The molecule has 1 aromatic carbocycles. The van der Waals surface area contributed by atoms with E-state index < -0.39 is 0 Å². The molecule has 1 aliphatic heterocycles. The van der Waals surface area contributed by atoms with Gasteiger partial charge in [-0.1, -0.05) is 50.6 Å². The van der Waals surface area contributed by atoms with Gasteiger partial charge in [-0.2, -0.15) is 0 Å². The maximum absolute atomic E-state index is 12.5. The van der Waals surface area contributed by atoms with Gasteiger partial charge in [0.1, 0.15) is 5.69 Å². The summed E-state index contributed by atoms with van der Waals surface area (Å²) in [6, 6.07) is 8.81. The van der Waals surface area contributed by atoms with E-state index in [1.54, 1.807) is 12.1 Å². The summed E-state index contributed by atoms with van der Waals surface area (Å²) in [5, 5.41) is 4.32. The maximum atomic E-state index is 12.5. The monoisotopic (exact) mass is 359 g/mol. The zero-order valence-electron chi connectivity index (χ0n) is 14.7. The van der Waals surface area contributed by atoms with E-state index in [-0.39, 0.29) is 23.3 Å². The molecule has 1 aromatic heterocycles. The van der Waals surface area contributed by atoms with Gasteiger partial charge < -0.3 is 10.2 Å². The van der Waals surface area contributed by atoms with Crippen LogP contribution in [0.2, 0.25) is 5.02 Å². The number of hydrogen-bond donors (Lipinski definition) is 1. The number of carbonyl (C=O) groups excluding carboxylic acids is 2. The summed E-state index contributed by atoms with van der Waals surface area (Å²) < 4.78 is 0. The van der Waals surface area contributed by atoms with Crippen molar-refractivity contribution >= 4 is 34.3 Å². The van der Waals surface area contributed by atoms with Crippen molar-refractivity contribution < 1.29 is 9.59 Å². The average Bonchev–Trinajstić information content (AvgIpc) is 2.85. The summed E-state index contributed by atoms with van der Waals surface area (Å²) in [5.41, 5.74) is 0.946. The Labute approximate surface area is 152 Å². The lowest BCUT2D eigenvalue weighted by Crippen LogP contribution is -2.39. The van der Waals surface area contributed by atoms with E-state index in [9.17, 15) is 9.59 Å². The molecule has 0 unspecified atom stereocenters. The lowest BCUT2D eigenvalue weighted by Gasteiger charge is -2.26. The lowest BCUT2D eigenvalue weighted by molar-refractivity contribution is -0.128. The number of amides is 2. The first kappa shape index (κ1) is 17.7. The van der Waals surface area contributed by atoms with Crippen LogP contribution in [0.15, 0.2) is 30.3 Å². The number of benzene rings is 1. The topological polar surface area (TPSA) is 62.3 Å². The minimum Gasteiger partial charge on any atom is -0.346 e. The molecule has 1 N–H and O–H groups in total. The van der Waals surface area contributed by atoms with Crippen molar-refractivity contribution in [1.82, 2.24) is 15.2 Å². The quantitative estimate of drug-likeness (QED) is 0.914. The highest BCUT2D eigenvalue weighted by Crippen LogP contribution is 2.22. The maximum Gasteiger partial charge on any atom is 0.270 e. The molecule has 0 radical (unpaired) electrons. The molecule has 0 spiro atoms. The van der Waals surface area contributed by atoms with Crippen LogP contribution in [0.4, 0.5) is 0 Å². The van der Waals surface area contributed by atoms with Gasteiger partial charge in [-0.15, -0.1) is 0 Å². The highest BCUT2D eigenvalue weighted by Gasteiger charge is 2.33. The molecule has 1 fully saturated rings. The van der Waals surface area contributed by atoms with Gasteiger partial charge in [-0.05, 0) is 17.5 Å². The second-order valence-electron chi connectivity index (χ2n) is 7.72. The van der Waals surface area contributed by atoms with Crippen LogP contribution in [0, 0.1) is 5.41 Å². The molecule has 0 saturated carbocycles. The van der Waals surface area contributed by atoms with E-state index in [4.69, 9.17) is 11.6 Å². The van der Waals surface area contributed by atoms with Crippen LogP contribution in [-0.4, -0.2) is 40.8 Å². The number of nitrogens with zero attached hydrogens (tertiary/aromatic N) is 2. The molecule has 1 atom stereocenters. The Morgan fingerprint density at radius 3 is 2.80 bits per heavy atom. The number of para-hydroxylation sites is 1. The van der Waals surface area contributed by atoms with Crippen LogP contribution in [0.25, 0.3) is 10.9 Å². The van der Waals surface area contributed by atoms with Gasteiger partial charge in [0.2, 0.25) is 5.91 Å². The molecule has 2 heterocycles. The normalized spacial score (nSPS) is 18.0. The fourth-order valence-corrected chi connectivity index (χ4v) is 3.32. The second kappa shape index (κ2) is 6.64. The molecular formula is C19H22ClN3O2. The molecule has 2 amide bonds. The van der Waals surface area contributed by atoms with Crippen LogP contribution in [-0.2, 0) is 4.79 Å². The molecule has 6 heteroatoms. The first-order valence-electron chi connectivity index (χ1n) is 8.37. The number of pyridine rings is 1. The molecule has 5 nitrogen and oxygen atoms in total. The predicted molar refractivity (Wildman–Crippen MR) is 98.7 cm³/mol. The average molecular weight is 360 g/mol. The lowest BCUT2D eigenvalue weighted by atomic mass is 9.96. The molecular weight excluding hydrogens is 338 g/mol. The van der Waals surface area contributed by atoms with Gasteiger partial charge in [0.05, 0.1) is 16.6 Å². The highest BCUT2D eigenvalue weighted by atomic mass is 35.5. The minimum atomic E-state index is -0.280. The predicted octanol–water partition coefficient (Wildman–Crippen LogP) is 3.27. The Kier molecular flexibility index (Phi) is 4.69.